The van der Waals surface area contributed by atoms with Crippen molar-refractivity contribution < 1.29 is 9.90 Å². The molecule has 0 heterocycles. The minimum Gasteiger partial charge on any atom is -0.389 e. The van der Waals surface area contributed by atoms with Crippen molar-refractivity contribution in [1.82, 2.24) is 0 Å². The van der Waals surface area contributed by atoms with Crippen LogP contribution in [-0.4, -0.2) is 17.0 Å². The maximum atomic E-state index is 12.1. The predicted octanol–water partition coefficient (Wildman–Crippen LogP) is 6.90. The second-order valence-corrected chi connectivity index (χ2v) is 11.9. The number of hydrogen-bond donors (Lipinski definition) is 1. The highest BCUT2D eigenvalue weighted by Crippen LogP contribution is 2.67. The minimum atomic E-state index is -0.421. The van der Waals surface area contributed by atoms with E-state index in [0.717, 1.165) is 30.8 Å². The quantitative estimate of drug-likeness (QED) is 0.487. The van der Waals surface area contributed by atoms with Gasteiger partial charge in [0, 0.05) is 6.42 Å². The second-order valence-electron chi connectivity index (χ2n) is 11.9. The van der Waals surface area contributed by atoms with Crippen molar-refractivity contribution in [3.63, 3.8) is 0 Å². The summed E-state index contributed by atoms with van der Waals surface area (Å²) in [7, 11) is 0. The SMILES string of the molecule is C=C(C)[C@@H](C=C[C@@H](C)[C@H]1CC[C@H]2[C@@H]3C[C@@H](O)C4=CC(=O)CC[C@]4(C)[C@H]3CC[C@]12C)CC. The Morgan fingerprint density at radius 2 is 1.97 bits per heavy atom. The first-order valence-electron chi connectivity index (χ1n) is 12.9. The van der Waals surface area contributed by atoms with Gasteiger partial charge in [-0.2, -0.15) is 0 Å². The molecule has 0 bridgehead atoms. The number of carbonyl (C=O) groups excluding carboxylic acids is 1. The molecule has 3 fully saturated rings. The molecule has 0 aromatic heterocycles. The van der Waals surface area contributed by atoms with Gasteiger partial charge < -0.3 is 5.11 Å². The Kier molecular flexibility index (Phi) is 6.18. The van der Waals surface area contributed by atoms with E-state index in [9.17, 15) is 9.90 Å². The molecule has 0 aromatic rings. The van der Waals surface area contributed by atoms with Crippen LogP contribution in [0.25, 0.3) is 0 Å². The Bertz CT molecular complexity index is 791. The Hall–Kier alpha value is -1.15. The fourth-order valence-electron chi connectivity index (χ4n) is 8.60. The van der Waals surface area contributed by atoms with Crippen LogP contribution in [0.4, 0.5) is 0 Å². The van der Waals surface area contributed by atoms with Gasteiger partial charge in [0.05, 0.1) is 6.10 Å². The lowest BCUT2D eigenvalue weighted by molar-refractivity contribution is -0.119. The molecule has 172 valence electrons. The van der Waals surface area contributed by atoms with Crippen LogP contribution < -0.4 is 0 Å². The molecule has 0 saturated heterocycles. The summed E-state index contributed by atoms with van der Waals surface area (Å²) in [4.78, 5) is 12.1. The van der Waals surface area contributed by atoms with Crippen molar-refractivity contribution in [3.05, 3.63) is 36.0 Å². The zero-order valence-electron chi connectivity index (χ0n) is 20.5. The normalized spacial score (nSPS) is 44.3. The summed E-state index contributed by atoms with van der Waals surface area (Å²) in [6.07, 6.45) is 15.0. The van der Waals surface area contributed by atoms with Gasteiger partial charge in [0.25, 0.3) is 0 Å². The molecule has 0 aromatic carbocycles. The third-order valence-electron chi connectivity index (χ3n) is 10.4. The molecule has 3 saturated carbocycles. The smallest absolute Gasteiger partial charge is 0.155 e. The van der Waals surface area contributed by atoms with E-state index in [1.165, 1.54) is 31.3 Å². The Morgan fingerprint density at radius 1 is 1.23 bits per heavy atom. The third kappa shape index (κ3) is 3.71. The lowest BCUT2D eigenvalue weighted by atomic mass is 9.46. The zero-order chi connectivity index (χ0) is 22.6. The highest BCUT2D eigenvalue weighted by molar-refractivity contribution is 5.91. The van der Waals surface area contributed by atoms with Crippen LogP contribution in [0, 0.1) is 46.3 Å². The zero-order valence-corrected chi connectivity index (χ0v) is 20.5. The topological polar surface area (TPSA) is 37.3 Å². The minimum absolute atomic E-state index is 0.0248. The molecule has 31 heavy (non-hydrogen) atoms. The maximum absolute atomic E-state index is 12.1. The monoisotopic (exact) mass is 424 g/mol. The molecule has 1 N–H and O–H groups in total. The van der Waals surface area contributed by atoms with E-state index in [1.54, 1.807) is 0 Å². The third-order valence-corrected chi connectivity index (χ3v) is 10.4. The predicted molar refractivity (Wildman–Crippen MR) is 128 cm³/mol. The van der Waals surface area contributed by atoms with Gasteiger partial charge in [-0.3, -0.25) is 4.79 Å². The number of carbonyl (C=O) groups is 1. The van der Waals surface area contributed by atoms with Gasteiger partial charge in [0.2, 0.25) is 0 Å². The molecule has 4 aliphatic rings. The summed E-state index contributed by atoms with van der Waals surface area (Å²) in [5, 5.41) is 11.1. The van der Waals surface area contributed by atoms with Crippen LogP contribution in [0.3, 0.4) is 0 Å². The molecule has 2 heteroatoms. The summed E-state index contributed by atoms with van der Waals surface area (Å²) < 4.78 is 0. The summed E-state index contributed by atoms with van der Waals surface area (Å²) in [6, 6.07) is 0. The first-order valence-corrected chi connectivity index (χ1v) is 12.9. The average molecular weight is 425 g/mol. The van der Waals surface area contributed by atoms with E-state index in [0.29, 0.717) is 41.4 Å². The standard InChI is InChI=1S/C29H44O2/c1-7-20(18(2)3)9-8-19(4)23-10-11-24-22-17-27(31)26-16-21(30)12-14-29(26,6)25(22)13-15-28(23,24)5/h8-9,16,19-20,22-25,27,31H,2,7,10-15,17H2,1,3-6H3/t19-,20-,22+,23-,24+,25+,27-,28-,29-/m1/s1. The van der Waals surface area contributed by atoms with Crippen LogP contribution in [0.1, 0.15) is 86.0 Å². The van der Waals surface area contributed by atoms with Crippen LogP contribution in [0.5, 0.6) is 0 Å². The van der Waals surface area contributed by atoms with Gasteiger partial charge in [-0.25, -0.2) is 0 Å². The largest absolute Gasteiger partial charge is 0.389 e. The van der Waals surface area contributed by atoms with Crippen molar-refractivity contribution >= 4 is 5.78 Å². The molecule has 0 aliphatic heterocycles. The molecule has 9 atom stereocenters. The van der Waals surface area contributed by atoms with E-state index < -0.39 is 6.10 Å². The number of allylic oxidation sites excluding steroid dienone is 3. The molecule has 2 nitrogen and oxygen atoms in total. The van der Waals surface area contributed by atoms with Crippen molar-refractivity contribution in [2.45, 2.75) is 92.1 Å². The molecule has 0 amide bonds. The second kappa shape index (κ2) is 8.32. The van der Waals surface area contributed by atoms with Gasteiger partial charge in [-0.15, -0.1) is 0 Å². The van der Waals surface area contributed by atoms with E-state index in [1.807, 2.05) is 6.08 Å². The summed E-state index contributed by atoms with van der Waals surface area (Å²) in [5.74, 6) is 3.97. The molecule has 4 rings (SSSR count). The van der Waals surface area contributed by atoms with E-state index in [4.69, 9.17) is 0 Å². The number of hydrogen-bond acceptors (Lipinski definition) is 2. The van der Waals surface area contributed by atoms with Crippen molar-refractivity contribution in [1.29, 1.82) is 0 Å². The fraction of sp³-hybridized carbons (Fsp3) is 0.759. The van der Waals surface area contributed by atoms with Crippen LogP contribution in [0.15, 0.2) is 36.0 Å². The number of rotatable bonds is 5. The van der Waals surface area contributed by atoms with Gasteiger partial charge in [0.1, 0.15) is 0 Å². The highest BCUT2D eigenvalue weighted by Gasteiger charge is 2.60. The van der Waals surface area contributed by atoms with Crippen molar-refractivity contribution in [2.24, 2.45) is 46.3 Å². The maximum Gasteiger partial charge on any atom is 0.155 e. The van der Waals surface area contributed by atoms with Crippen molar-refractivity contribution in [3.8, 4) is 0 Å². The van der Waals surface area contributed by atoms with Crippen molar-refractivity contribution in [2.75, 3.05) is 0 Å². The molecular weight excluding hydrogens is 380 g/mol. The molecule has 0 spiro atoms. The van der Waals surface area contributed by atoms with E-state index in [-0.39, 0.29) is 11.2 Å². The van der Waals surface area contributed by atoms with E-state index >= 15 is 0 Å². The number of aliphatic hydroxyl groups excluding tert-OH is 1. The van der Waals surface area contributed by atoms with Gasteiger partial charge in [-0.1, -0.05) is 52.0 Å². The van der Waals surface area contributed by atoms with E-state index in [2.05, 4.69) is 53.3 Å². The highest BCUT2D eigenvalue weighted by atomic mass is 16.3. The average Bonchev–Trinajstić information content (AvgIpc) is 3.07. The molecule has 0 radical (unpaired) electrons. The Morgan fingerprint density at radius 3 is 2.65 bits per heavy atom. The van der Waals surface area contributed by atoms with Crippen LogP contribution in [0.2, 0.25) is 0 Å². The first-order chi connectivity index (χ1) is 14.6. The van der Waals surface area contributed by atoms with Crippen LogP contribution in [-0.2, 0) is 4.79 Å². The summed E-state index contributed by atoms with van der Waals surface area (Å²) in [5.41, 5.74) is 2.72. The summed E-state index contributed by atoms with van der Waals surface area (Å²) in [6.45, 7) is 15.9. The van der Waals surface area contributed by atoms with Gasteiger partial charge in [0.15, 0.2) is 5.78 Å². The molecule has 4 aliphatic carbocycles. The molecule has 0 unspecified atom stereocenters. The van der Waals surface area contributed by atoms with Gasteiger partial charge in [-0.05, 0) is 110 Å². The van der Waals surface area contributed by atoms with Gasteiger partial charge >= 0.3 is 0 Å². The Balaban J connectivity index is 1.56. The number of aliphatic hydroxyl groups is 1. The fourth-order valence-corrected chi connectivity index (χ4v) is 8.60. The molecular formula is C29H44O2. The summed E-state index contributed by atoms with van der Waals surface area (Å²) >= 11 is 0. The first kappa shape index (κ1) is 23.0. The number of ketones is 1. The lowest BCUT2D eigenvalue weighted by Gasteiger charge is -2.59. The van der Waals surface area contributed by atoms with Crippen LogP contribution >= 0.6 is 0 Å². The lowest BCUT2D eigenvalue weighted by Crippen LogP contribution is -2.54. The Labute approximate surface area is 190 Å². The number of fused-ring (bicyclic) bond motifs is 5.